The van der Waals surface area contributed by atoms with E-state index in [4.69, 9.17) is 10.5 Å². The highest BCUT2D eigenvalue weighted by Gasteiger charge is 2.56. The monoisotopic (exact) mass is 618 g/mol. The van der Waals surface area contributed by atoms with E-state index in [9.17, 15) is 34.5 Å². The van der Waals surface area contributed by atoms with Gasteiger partial charge in [0.15, 0.2) is 11.6 Å². The Kier molecular flexibility index (Phi) is 8.47. The van der Waals surface area contributed by atoms with Crippen LogP contribution >= 0.6 is 0 Å². The second-order valence-corrected chi connectivity index (χ2v) is 12.2. The number of likely N-dealkylation sites (N-methyl/N-ethyl adjacent to an activating group) is 1. The molecule has 0 bridgehead atoms. The normalized spacial score (nSPS) is 22.6. The number of hydrogen-bond donors (Lipinski definition) is 5. The molecular weight excluding hydrogens is 580 g/mol. The van der Waals surface area contributed by atoms with Gasteiger partial charge in [0.25, 0.3) is 5.91 Å². The number of anilines is 1. The first kappa shape index (κ1) is 31.7. The molecule has 1 saturated carbocycles. The number of fused-ring (bicyclic) bond motifs is 3. The fourth-order valence-corrected chi connectivity index (χ4v) is 7.12. The number of rotatable bonds is 8. The lowest BCUT2D eigenvalue weighted by Gasteiger charge is -2.46. The van der Waals surface area contributed by atoms with Crippen molar-refractivity contribution in [3.8, 4) is 5.75 Å². The Balaban J connectivity index is 1.50. The van der Waals surface area contributed by atoms with Crippen LogP contribution in [0.25, 0.3) is 5.76 Å². The maximum atomic E-state index is 14.0. The largest absolute Gasteiger partial charge is 0.510 e. The minimum atomic E-state index is -1.31. The van der Waals surface area contributed by atoms with E-state index < -0.39 is 58.6 Å². The molecule has 45 heavy (non-hydrogen) atoms. The molecule has 1 amide bonds. The van der Waals surface area contributed by atoms with Gasteiger partial charge < -0.3 is 36.0 Å². The lowest BCUT2D eigenvalue weighted by molar-refractivity contribution is -0.136. The minimum absolute atomic E-state index is 0.0376. The average molecular weight is 619 g/mol. The number of primary amides is 1. The molecule has 0 spiro atoms. The smallest absolute Gasteiger partial charge is 0.337 e. The van der Waals surface area contributed by atoms with E-state index in [0.717, 1.165) is 11.3 Å². The summed E-state index contributed by atoms with van der Waals surface area (Å²) in [5, 5.41) is 37.3. The Morgan fingerprint density at radius 2 is 1.69 bits per heavy atom. The predicted octanol–water partition coefficient (Wildman–Crippen LogP) is 1.99. The summed E-state index contributed by atoms with van der Waals surface area (Å²) in [4.78, 5) is 54.9. The van der Waals surface area contributed by atoms with Crippen LogP contribution in [-0.4, -0.2) is 85.0 Å². The zero-order valence-electron chi connectivity index (χ0n) is 25.9. The number of nitrogens with zero attached hydrogens (tertiary/aromatic N) is 2. The number of phenols is 1. The predicted molar refractivity (Wildman–Crippen MR) is 165 cm³/mol. The van der Waals surface area contributed by atoms with Crippen LogP contribution in [0, 0.1) is 17.8 Å². The molecule has 2 aromatic rings. The number of amides is 1. The van der Waals surface area contributed by atoms with Gasteiger partial charge in [0.2, 0.25) is 0 Å². The number of allylic oxidation sites excluding steroid dienone is 1. The van der Waals surface area contributed by atoms with Gasteiger partial charge in [-0.25, -0.2) is 4.79 Å². The molecule has 2 aromatic carbocycles. The molecule has 4 atom stereocenters. The van der Waals surface area contributed by atoms with Crippen molar-refractivity contribution in [3.05, 3.63) is 75.1 Å². The third-order valence-electron chi connectivity index (χ3n) is 9.12. The highest BCUT2D eigenvalue weighted by molar-refractivity contribution is 6.28. The molecule has 0 aromatic heterocycles. The van der Waals surface area contributed by atoms with Crippen molar-refractivity contribution in [1.29, 1.82) is 0 Å². The third kappa shape index (κ3) is 5.33. The summed E-state index contributed by atoms with van der Waals surface area (Å²) in [6.45, 7) is 0.641. The number of carbonyl (C=O) groups excluding carboxylic acids is 4. The highest BCUT2D eigenvalue weighted by Crippen LogP contribution is 2.52. The summed E-state index contributed by atoms with van der Waals surface area (Å²) in [5.41, 5.74) is 8.27. The number of aliphatic hydroxyl groups excluding tert-OH is 2. The molecule has 12 nitrogen and oxygen atoms in total. The SMILES string of the molecule is COC(=O)c1ccc(CNCc2cc(N(C)C)c3c(c2O)C(O)=C2C(=O)C4C(=O)C(C(N)=O)=C(O)[C@@H](N(C)C)C4CC2C3)cc1. The first-order valence-electron chi connectivity index (χ1n) is 14.6. The number of ketones is 2. The van der Waals surface area contributed by atoms with Gasteiger partial charge >= 0.3 is 5.97 Å². The number of methoxy groups -OCH3 is 1. The van der Waals surface area contributed by atoms with Crippen LogP contribution in [0.4, 0.5) is 5.69 Å². The van der Waals surface area contributed by atoms with Crippen molar-refractivity contribution in [3.63, 3.8) is 0 Å². The van der Waals surface area contributed by atoms with Crippen LogP contribution < -0.4 is 16.0 Å². The summed E-state index contributed by atoms with van der Waals surface area (Å²) in [6.07, 6.45) is 0.595. The standard InChI is InChI=1S/C33H38N4O8/c1-36(2)21-12-18(14-35-13-15-6-8-16(9-7-15)33(44)45-5)27(38)23-19(21)10-17-11-20-24(29(40)22(17)28(23)39)30(41)25(32(34)43)31(42)26(20)37(3)4/h6-9,12,17,20,24,26,35,38-39,42H,10-11,13-14H2,1-5H3,(H2,34,43)/t17?,20?,24?,26-/m0/s1. The molecule has 0 aliphatic heterocycles. The number of ether oxygens (including phenoxy) is 1. The molecule has 12 heteroatoms. The van der Waals surface area contributed by atoms with Gasteiger partial charge in [-0.2, -0.15) is 0 Å². The Morgan fingerprint density at radius 1 is 1.02 bits per heavy atom. The average Bonchev–Trinajstić information content (AvgIpc) is 2.97. The topological polar surface area (TPSA) is 183 Å². The molecule has 6 N–H and O–H groups in total. The molecule has 1 fully saturated rings. The number of phenolic OH excluding ortho intramolecular Hbond substituents is 1. The summed E-state index contributed by atoms with van der Waals surface area (Å²) in [7, 11) is 8.39. The fourth-order valence-electron chi connectivity index (χ4n) is 7.12. The van der Waals surface area contributed by atoms with Crippen molar-refractivity contribution < 1.29 is 39.2 Å². The van der Waals surface area contributed by atoms with Crippen LogP contribution in [0.2, 0.25) is 0 Å². The minimum Gasteiger partial charge on any atom is -0.510 e. The van der Waals surface area contributed by atoms with E-state index in [0.29, 0.717) is 29.7 Å². The van der Waals surface area contributed by atoms with Gasteiger partial charge in [0, 0.05) is 44.0 Å². The molecular formula is C33H38N4O8. The summed E-state index contributed by atoms with van der Waals surface area (Å²) in [6, 6.07) is 7.96. The van der Waals surface area contributed by atoms with Crippen LogP contribution in [0.3, 0.4) is 0 Å². The summed E-state index contributed by atoms with van der Waals surface area (Å²) >= 11 is 0. The number of Topliss-reactive ketones (excluding diaryl/α,β-unsaturated/α-hetero) is 2. The van der Waals surface area contributed by atoms with Gasteiger partial charge in [-0.15, -0.1) is 0 Å². The zero-order chi connectivity index (χ0) is 32.9. The first-order chi connectivity index (χ1) is 21.3. The second kappa shape index (κ2) is 12.0. The highest BCUT2D eigenvalue weighted by atomic mass is 16.5. The number of benzene rings is 2. The molecule has 3 unspecified atom stereocenters. The van der Waals surface area contributed by atoms with Crippen molar-refractivity contribution in [1.82, 2.24) is 10.2 Å². The van der Waals surface area contributed by atoms with Gasteiger partial charge in [0.05, 0.1) is 30.2 Å². The number of aromatic hydroxyl groups is 1. The lowest BCUT2D eigenvalue weighted by Crippen LogP contribution is -2.55. The van der Waals surface area contributed by atoms with Crippen LogP contribution in [-0.2, 0) is 38.6 Å². The lowest BCUT2D eigenvalue weighted by atomic mass is 9.59. The third-order valence-corrected chi connectivity index (χ3v) is 9.12. The van der Waals surface area contributed by atoms with E-state index in [1.165, 1.54) is 7.11 Å². The number of nitrogens with two attached hydrogens (primary N) is 1. The van der Waals surface area contributed by atoms with Gasteiger partial charge in [-0.1, -0.05) is 12.1 Å². The second-order valence-electron chi connectivity index (χ2n) is 12.2. The van der Waals surface area contributed by atoms with Gasteiger partial charge in [-0.3, -0.25) is 19.3 Å². The Bertz CT molecular complexity index is 1660. The van der Waals surface area contributed by atoms with Crippen molar-refractivity contribution in [2.24, 2.45) is 23.5 Å². The molecule has 0 radical (unpaired) electrons. The van der Waals surface area contributed by atoms with E-state index in [2.05, 4.69) is 5.32 Å². The van der Waals surface area contributed by atoms with Crippen LogP contribution in [0.5, 0.6) is 5.75 Å². The van der Waals surface area contributed by atoms with Crippen molar-refractivity contribution in [2.75, 3.05) is 40.2 Å². The van der Waals surface area contributed by atoms with Gasteiger partial charge in [0.1, 0.15) is 22.8 Å². The molecule has 238 valence electrons. The molecule has 3 aliphatic rings. The zero-order valence-corrected chi connectivity index (χ0v) is 25.9. The van der Waals surface area contributed by atoms with Gasteiger partial charge in [-0.05, 0) is 68.1 Å². The number of hydrogen-bond acceptors (Lipinski definition) is 11. The van der Waals surface area contributed by atoms with Crippen molar-refractivity contribution >= 4 is 34.9 Å². The number of esters is 1. The first-order valence-corrected chi connectivity index (χ1v) is 14.6. The quantitative estimate of drug-likeness (QED) is 0.166. The fraction of sp³-hybridized carbons (Fsp3) is 0.394. The van der Waals surface area contributed by atoms with E-state index in [1.54, 1.807) is 43.3 Å². The Labute approximate surface area is 260 Å². The molecule has 0 heterocycles. The molecule has 5 rings (SSSR count). The van der Waals surface area contributed by atoms with Crippen LogP contribution in [0.1, 0.15) is 39.0 Å². The number of nitrogens with one attached hydrogen (secondary N) is 1. The van der Waals surface area contributed by atoms with E-state index >= 15 is 0 Å². The maximum Gasteiger partial charge on any atom is 0.337 e. The number of aliphatic hydroxyl groups is 2. The Morgan fingerprint density at radius 3 is 2.27 bits per heavy atom. The molecule has 0 saturated heterocycles. The summed E-state index contributed by atoms with van der Waals surface area (Å²) < 4.78 is 4.74. The van der Waals surface area contributed by atoms with E-state index in [-0.39, 0.29) is 35.6 Å². The Hall–Kier alpha value is -4.68. The molecule has 3 aliphatic carbocycles. The van der Waals surface area contributed by atoms with Crippen molar-refractivity contribution in [2.45, 2.75) is 32.0 Å². The van der Waals surface area contributed by atoms with E-state index in [1.807, 2.05) is 25.1 Å². The number of carbonyl (C=O) groups is 4. The summed E-state index contributed by atoms with van der Waals surface area (Å²) in [5.74, 6) is -6.49. The van der Waals surface area contributed by atoms with Crippen LogP contribution in [0.15, 0.2) is 47.2 Å². The maximum absolute atomic E-state index is 14.0.